The molecule has 0 aliphatic heterocycles. The lowest BCUT2D eigenvalue weighted by Crippen LogP contribution is -2.25. The Balaban J connectivity index is 1.68. The highest BCUT2D eigenvalue weighted by Crippen LogP contribution is 2.11. The minimum Gasteiger partial charge on any atom is -0.379 e. The van der Waals surface area contributed by atoms with Crippen molar-refractivity contribution < 1.29 is 9.53 Å². The number of nitrogens with one attached hydrogen (secondary N) is 1. The Morgan fingerprint density at radius 2 is 1.89 bits per heavy atom. The highest BCUT2D eigenvalue weighted by Gasteiger charge is 2.08. The zero-order chi connectivity index (χ0) is 19.2. The topological polar surface area (TPSA) is 73.2 Å². The molecule has 3 aromatic rings. The maximum atomic E-state index is 12.6. The number of benzene rings is 2. The number of carbonyl (C=O) groups is 1. The van der Waals surface area contributed by atoms with Gasteiger partial charge in [0.05, 0.1) is 22.7 Å². The van der Waals surface area contributed by atoms with Crippen molar-refractivity contribution in [2.45, 2.75) is 26.4 Å². The summed E-state index contributed by atoms with van der Waals surface area (Å²) in [6.07, 6.45) is 2.47. The van der Waals surface area contributed by atoms with Gasteiger partial charge in [-0.25, -0.2) is 4.98 Å². The van der Waals surface area contributed by atoms with Gasteiger partial charge in [-0.15, -0.1) is 0 Å². The molecule has 6 nitrogen and oxygen atoms in total. The molecule has 6 heteroatoms. The van der Waals surface area contributed by atoms with E-state index >= 15 is 0 Å². The number of rotatable bonds is 7. The van der Waals surface area contributed by atoms with Crippen LogP contribution in [0.1, 0.15) is 30.6 Å². The van der Waals surface area contributed by atoms with Crippen molar-refractivity contribution in [3.63, 3.8) is 0 Å². The fraction of sp³-hybridized carbons (Fsp3) is 0.286. The minimum atomic E-state index is -0.143. The highest BCUT2D eigenvalue weighted by atomic mass is 16.5. The van der Waals surface area contributed by atoms with Crippen molar-refractivity contribution in [1.82, 2.24) is 14.9 Å². The molecule has 0 aliphatic rings. The summed E-state index contributed by atoms with van der Waals surface area (Å²) in [4.78, 5) is 29.1. The monoisotopic (exact) mass is 365 g/mol. The van der Waals surface area contributed by atoms with Crippen LogP contribution in [0.5, 0.6) is 0 Å². The summed E-state index contributed by atoms with van der Waals surface area (Å²) in [6, 6.07) is 14.1. The summed E-state index contributed by atoms with van der Waals surface area (Å²) >= 11 is 0. The molecule has 1 amide bonds. The Bertz CT molecular complexity index is 978. The van der Waals surface area contributed by atoms with Gasteiger partial charge in [0.2, 0.25) is 0 Å². The first-order valence-electron chi connectivity index (χ1n) is 9.03. The summed E-state index contributed by atoms with van der Waals surface area (Å²) in [5.74, 6) is -0.143. The molecule has 1 heterocycles. The number of aromatic nitrogens is 2. The van der Waals surface area contributed by atoms with Gasteiger partial charge in [0.25, 0.3) is 11.5 Å². The first kappa shape index (κ1) is 18.8. The molecule has 0 saturated heterocycles. The van der Waals surface area contributed by atoms with E-state index in [2.05, 4.69) is 10.3 Å². The van der Waals surface area contributed by atoms with E-state index in [0.717, 1.165) is 6.42 Å². The molecule has 0 atom stereocenters. The lowest BCUT2D eigenvalue weighted by Gasteiger charge is -2.09. The van der Waals surface area contributed by atoms with Gasteiger partial charge in [-0.3, -0.25) is 14.2 Å². The van der Waals surface area contributed by atoms with Crippen LogP contribution >= 0.6 is 0 Å². The molecule has 0 radical (unpaired) electrons. The summed E-state index contributed by atoms with van der Waals surface area (Å²) in [5.41, 5.74) is 1.74. The van der Waals surface area contributed by atoms with E-state index in [1.807, 2.05) is 26.0 Å². The molecule has 0 spiro atoms. The van der Waals surface area contributed by atoms with E-state index in [1.54, 1.807) is 36.4 Å². The summed E-state index contributed by atoms with van der Waals surface area (Å²) in [7, 11) is 0. The van der Waals surface area contributed by atoms with Gasteiger partial charge in [-0.1, -0.05) is 12.1 Å². The predicted octanol–water partition coefficient (Wildman–Crippen LogP) is 2.93. The SMILES string of the molecule is CC(C)OCCCNC(=O)c1ccc(-n2cnc3ccccc3c2=O)cc1. The number of carbonyl (C=O) groups excluding carboxylic acids is 1. The van der Waals surface area contributed by atoms with E-state index in [0.29, 0.717) is 35.3 Å². The highest BCUT2D eigenvalue weighted by molar-refractivity contribution is 5.94. The number of nitrogens with zero attached hydrogens (tertiary/aromatic N) is 2. The average molecular weight is 365 g/mol. The summed E-state index contributed by atoms with van der Waals surface area (Å²) < 4.78 is 6.93. The quantitative estimate of drug-likeness (QED) is 0.654. The number of ether oxygens (including phenoxy) is 1. The first-order chi connectivity index (χ1) is 13.1. The van der Waals surface area contributed by atoms with Crippen molar-refractivity contribution in [3.05, 3.63) is 70.8 Å². The standard InChI is InChI=1S/C21H23N3O3/c1-15(2)27-13-5-12-22-20(25)16-8-10-17(11-9-16)24-14-23-19-7-4-3-6-18(19)21(24)26/h3-4,6-11,14-15H,5,12-13H2,1-2H3,(H,22,25). The Kier molecular flexibility index (Phi) is 5.98. The molecule has 1 aromatic heterocycles. The first-order valence-corrected chi connectivity index (χ1v) is 9.03. The Morgan fingerprint density at radius 1 is 1.15 bits per heavy atom. The lowest BCUT2D eigenvalue weighted by molar-refractivity contribution is 0.0757. The van der Waals surface area contributed by atoms with Crippen LogP contribution in [0.25, 0.3) is 16.6 Å². The molecule has 0 aliphatic carbocycles. The molecule has 140 valence electrons. The van der Waals surface area contributed by atoms with Gasteiger partial charge in [0, 0.05) is 18.7 Å². The van der Waals surface area contributed by atoms with Crippen LogP contribution in [0.15, 0.2) is 59.7 Å². The van der Waals surface area contributed by atoms with Crippen molar-refractivity contribution in [2.75, 3.05) is 13.2 Å². The third kappa shape index (κ3) is 4.60. The van der Waals surface area contributed by atoms with Gasteiger partial charge in [0.1, 0.15) is 6.33 Å². The van der Waals surface area contributed by atoms with Crippen LogP contribution in [-0.2, 0) is 4.74 Å². The number of amides is 1. The van der Waals surface area contributed by atoms with E-state index < -0.39 is 0 Å². The smallest absolute Gasteiger partial charge is 0.265 e. The summed E-state index contributed by atoms with van der Waals surface area (Å²) in [6.45, 7) is 5.14. The van der Waals surface area contributed by atoms with E-state index in [4.69, 9.17) is 4.74 Å². The lowest BCUT2D eigenvalue weighted by atomic mass is 10.2. The van der Waals surface area contributed by atoms with Gasteiger partial charge in [-0.05, 0) is 56.7 Å². The zero-order valence-electron chi connectivity index (χ0n) is 15.5. The molecular weight excluding hydrogens is 342 g/mol. The summed E-state index contributed by atoms with van der Waals surface area (Å²) in [5, 5.41) is 3.43. The Hall–Kier alpha value is -2.99. The van der Waals surface area contributed by atoms with Crippen LogP contribution in [-0.4, -0.2) is 34.7 Å². The normalized spacial score (nSPS) is 11.1. The number of para-hydroxylation sites is 1. The van der Waals surface area contributed by atoms with Gasteiger partial charge in [-0.2, -0.15) is 0 Å². The van der Waals surface area contributed by atoms with E-state index in [1.165, 1.54) is 10.9 Å². The zero-order valence-corrected chi connectivity index (χ0v) is 15.5. The largest absolute Gasteiger partial charge is 0.379 e. The maximum absolute atomic E-state index is 12.6. The maximum Gasteiger partial charge on any atom is 0.265 e. The third-order valence-corrected chi connectivity index (χ3v) is 4.13. The molecular formula is C21H23N3O3. The van der Waals surface area contributed by atoms with Gasteiger partial charge < -0.3 is 10.1 Å². The average Bonchev–Trinajstić information content (AvgIpc) is 2.68. The molecule has 0 bridgehead atoms. The van der Waals surface area contributed by atoms with Crippen molar-refractivity contribution in [1.29, 1.82) is 0 Å². The minimum absolute atomic E-state index is 0.136. The van der Waals surface area contributed by atoms with Crippen molar-refractivity contribution in [3.8, 4) is 5.69 Å². The second-order valence-electron chi connectivity index (χ2n) is 6.51. The third-order valence-electron chi connectivity index (χ3n) is 4.13. The molecule has 0 saturated carbocycles. The molecule has 0 unspecified atom stereocenters. The van der Waals surface area contributed by atoms with Crippen LogP contribution in [0.2, 0.25) is 0 Å². The fourth-order valence-electron chi connectivity index (χ4n) is 2.72. The number of hydrogen-bond acceptors (Lipinski definition) is 4. The van der Waals surface area contributed by atoms with Crippen molar-refractivity contribution >= 4 is 16.8 Å². The molecule has 1 N–H and O–H groups in total. The molecule has 27 heavy (non-hydrogen) atoms. The van der Waals surface area contributed by atoms with Gasteiger partial charge in [0.15, 0.2) is 0 Å². The van der Waals surface area contributed by atoms with Crippen molar-refractivity contribution in [2.24, 2.45) is 0 Å². The van der Waals surface area contributed by atoms with Crippen LogP contribution in [0, 0.1) is 0 Å². The van der Waals surface area contributed by atoms with Crippen LogP contribution in [0.4, 0.5) is 0 Å². The van der Waals surface area contributed by atoms with E-state index in [-0.39, 0.29) is 17.6 Å². The van der Waals surface area contributed by atoms with Crippen LogP contribution < -0.4 is 10.9 Å². The Morgan fingerprint density at radius 3 is 2.63 bits per heavy atom. The predicted molar refractivity (Wildman–Crippen MR) is 105 cm³/mol. The Labute approximate surface area is 157 Å². The molecule has 3 rings (SSSR count). The van der Waals surface area contributed by atoms with E-state index in [9.17, 15) is 9.59 Å². The second-order valence-corrected chi connectivity index (χ2v) is 6.51. The van der Waals surface area contributed by atoms with Crippen LogP contribution in [0.3, 0.4) is 0 Å². The number of hydrogen-bond donors (Lipinski definition) is 1. The van der Waals surface area contributed by atoms with Gasteiger partial charge >= 0.3 is 0 Å². The second kappa shape index (κ2) is 8.60. The molecule has 0 fully saturated rings. The number of fused-ring (bicyclic) bond motifs is 1. The molecule has 2 aromatic carbocycles. The fourth-order valence-corrected chi connectivity index (χ4v) is 2.72.